The number of ether oxygens (including phenoxy) is 2. The number of hydrogen-bond acceptors (Lipinski definition) is 4. The Labute approximate surface area is 231 Å². The SMILES string of the molecule is CC[C@H]1S[C@@H](c2cccc(Cc3ccccn3)c2)[C@H](OCc2ccccc2)[C@@H](OCc2ccccc2)[C@@H]1C. The first-order chi connectivity index (χ1) is 18.7. The van der Waals surface area contributed by atoms with E-state index in [-0.39, 0.29) is 17.5 Å². The molecule has 0 radical (unpaired) electrons. The molecule has 5 rings (SSSR count). The lowest BCUT2D eigenvalue weighted by atomic mass is 9.89. The van der Waals surface area contributed by atoms with Crippen LogP contribution in [0.4, 0.5) is 0 Å². The van der Waals surface area contributed by atoms with Gasteiger partial charge < -0.3 is 9.47 Å². The number of pyridine rings is 1. The van der Waals surface area contributed by atoms with E-state index in [9.17, 15) is 0 Å². The van der Waals surface area contributed by atoms with Crippen LogP contribution in [-0.2, 0) is 29.1 Å². The van der Waals surface area contributed by atoms with E-state index < -0.39 is 0 Å². The standard InChI is InChI=1S/C34H37NO2S/c1-3-31-25(2)32(36-23-26-13-6-4-7-14-26)33(37-24-27-15-8-5-9-16-27)34(38-31)29-18-12-17-28(21-29)22-30-19-10-11-20-35-30/h4-21,25,31-34H,3,22-24H2,1-2H3/t25-,31-,32+,33-,34+/m1/s1. The lowest BCUT2D eigenvalue weighted by Crippen LogP contribution is -2.48. The molecule has 1 aliphatic rings. The van der Waals surface area contributed by atoms with Gasteiger partial charge in [0.25, 0.3) is 0 Å². The van der Waals surface area contributed by atoms with E-state index in [0.29, 0.717) is 24.4 Å². The molecule has 5 atom stereocenters. The highest BCUT2D eigenvalue weighted by Crippen LogP contribution is 2.49. The molecule has 196 valence electrons. The van der Waals surface area contributed by atoms with Gasteiger partial charge in [0.2, 0.25) is 0 Å². The van der Waals surface area contributed by atoms with Crippen LogP contribution in [0.3, 0.4) is 0 Å². The van der Waals surface area contributed by atoms with E-state index in [1.807, 2.05) is 12.3 Å². The van der Waals surface area contributed by atoms with Gasteiger partial charge in [0.1, 0.15) is 6.10 Å². The van der Waals surface area contributed by atoms with Gasteiger partial charge in [-0.1, -0.05) is 105 Å². The van der Waals surface area contributed by atoms with Crippen LogP contribution in [0.2, 0.25) is 0 Å². The molecule has 0 amide bonds. The minimum Gasteiger partial charge on any atom is -0.370 e. The number of hydrogen-bond donors (Lipinski definition) is 0. The maximum Gasteiger partial charge on any atom is 0.100 e. The normalized spacial score (nSPS) is 23.3. The quantitative estimate of drug-likeness (QED) is 0.210. The summed E-state index contributed by atoms with van der Waals surface area (Å²) in [7, 11) is 0. The van der Waals surface area contributed by atoms with Gasteiger partial charge in [-0.15, -0.1) is 11.8 Å². The van der Waals surface area contributed by atoms with Crippen molar-refractivity contribution in [3.05, 3.63) is 137 Å². The lowest BCUT2D eigenvalue weighted by molar-refractivity contribution is -0.112. The summed E-state index contributed by atoms with van der Waals surface area (Å²) in [6.07, 6.45) is 3.72. The van der Waals surface area contributed by atoms with E-state index in [1.165, 1.54) is 22.3 Å². The highest BCUT2D eigenvalue weighted by Gasteiger charge is 2.45. The van der Waals surface area contributed by atoms with Gasteiger partial charge in [-0.05, 0) is 46.7 Å². The van der Waals surface area contributed by atoms with Crippen LogP contribution in [0.1, 0.15) is 53.5 Å². The van der Waals surface area contributed by atoms with Crippen molar-refractivity contribution in [3.63, 3.8) is 0 Å². The average Bonchev–Trinajstić information content (AvgIpc) is 2.97. The van der Waals surface area contributed by atoms with Crippen LogP contribution < -0.4 is 0 Å². The molecule has 1 aromatic heterocycles. The predicted molar refractivity (Wildman–Crippen MR) is 157 cm³/mol. The van der Waals surface area contributed by atoms with E-state index in [1.54, 1.807) is 0 Å². The second-order valence-corrected chi connectivity index (χ2v) is 11.5. The first-order valence-electron chi connectivity index (χ1n) is 13.7. The molecule has 3 aromatic carbocycles. The van der Waals surface area contributed by atoms with Crippen molar-refractivity contribution in [1.82, 2.24) is 4.98 Å². The maximum absolute atomic E-state index is 6.80. The number of nitrogens with zero attached hydrogens (tertiary/aromatic N) is 1. The Morgan fingerprint density at radius 2 is 1.34 bits per heavy atom. The van der Waals surface area contributed by atoms with Gasteiger partial charge >= 0.3 is 0 Å². The summed E-state index contributed by atoms with van der Waals surface area (Å²) in [5, 5.41) is 0.682. The summed E-state index contributed by atoms with van der Waals surface area (Å²) in [6, 6.07) is 36.1. The first kappa shape index (κ1) is 26.7. The van der Waals surface area contributed by atoms with Gasteiger partial charge in [0.15, 0.2) is 0 Å². The number of rotatable bonds is 10. The molecule has 0 unspecified atom stereocenters. The highest BCUT2D eigenvalue weighted by molar-refractivity contribution is 8.00. The number of benzene rings is 3. The molecule has 0 saturated carbocycles. The number of aromatic nitrogens is 1. The van der Waals surface area contributed by atoms with Crippen molar-refractivity contribution in [2.45, 2.75) is 62.6 Å². The van der Waals surface area contributed by atoms with Gasteiger partial charge in [-0.25, -0.2) is 0 Å². The molecule has 2 heterocycles. The fourth-order valence-corrected chi connectivity index (χ4v) is 7.03. The number of thioether (sulfide) groups is 1. The van der Waals surface area contributed by atoms with Gasteiger partial charge in [-0.3, -0.25) is 4.98 Å². The topological polar surface area (TPSA) is 31.4 Å². The van der Waals surface area contributed by atoms with E-state index in [4.69, 9.17) is 9.47 Å². The largest absolute Gasteiger partial charge is 0.370 e. The highest BCUT2D eigenvalue weighted by atomic mass is 32.2. The molecular formula is C34H37NO2S. The van der Waals surface area contributed by atoms with Crippen LogP contribution in [0.5, 0.6) is 0 Å². The Morgan fingerprint density at radius 3 is 1.97 bits per heavy atom. The van der Waals surface area contributed by atoms with Crippen molar-refractivity contribution in [2.24, 2.45) is 5.92 Å². The van der Waals surface area contributed by atoms with Crippen molar-refractivity contribution >= 4 is 11.8 Å². The van der Waals surface area contributed by atoms with E-state index >= 15 is 0 Å². The second-order valence-electron chi connectivity index (χ2n) is 10.1. The Hall–Kier alpha value is -2.92. The monoisotopic (exact) mass is 523 g/mol. The van der Waals surface area contributed by atoms with E-state index in [0.717, 1.165) is 18.5 Å². The summed E-state index contributed by atoms with van der Waals surface area (Å²) in [6.45, 7) is 5.80. The first-order valence-corrected chi connectivity index (χ1v) is 14.6. The zero-order valence-electron chi connectivity index (χ0n) is 22.3. The minimum absolute atomic E-state index is 0.00503. The zero-order valence-corrected chi connectivity index (χ0v) is 23.1. The van der Waals surface area contributed by atoms with Gasteiger partial charge in [0.05, 0.1) is 24.6 Å². The fourth-order valence-electron chi connectivity index (χ4n) is 5.36. The van der Waals surface area contributed by atoms with Crippen LogP contribution in [0.15, 0.2) is 109 Å². The molecule has 1 aliphatic heterocycles. The van der Waals surface area contributed by atoms with Crippen molar-refractivity contribution in [1.29, 1.82) is 0 Å². The molecule has 38 heavy (non-hydrogen) atoms. The van der Waals surface area contributed by atoms with Gasteiger partial charge in [0, 0.05) is 23.6 Å². The molecule has 0 spiro atoms. The third kappa shape index (κ3) is 6.74. The Balaban J connectivity index is 1.44. The molecule has 0 bridgehead atoms. The van der Waals surface area contributed by atoms with Crippen LogP contribution >= 0.6 is 11.8 Å². The van der Waals surface area contributed by atoms with Crippen molar-refractivity contribution in [3.8, 4) is 0 Å². The lowest BCUT2D eigenvalue weighted by Gasteiger charge is -2.45. The average molecular weight is 524 g/mol. The van der Waals surface area contributed by atoms with Crippen LogP contribution in [-0.4, -0.2) is 22.4 Å². The molecule has 0 N–H and O–H groups in total. The van der Waals surface area contributed by atoms with E-state index in [2.05, 4.69) is 128 Å². The molecule has 1 saturated heterocycles. The summed E-state index contributed by atoms with van der Waals surface area (Å²) >= 11 is 2.06. The smallest absolute Gasteiger partial charge is 0.100 e. The maximum atomic E-state index is 6.80. The molecule has 3 nitrogen and oxygen atoms in total. The molecule has 4 aromatic rings. The third-order valence-corrected chi connectivity index (χ3v) is 9.36. The summed E-state index contributed by atoms with van der Waals surface area (Å²) in [4.78, 5) is 4.54. The summed E-state index contributed by atoms with van der Waals surface area (Å²) in [5.41, 5.74) is 6.05. The van der Waals surface area contributed by atoms with Crippen molar-refractivity contribution in [2.75, 3.05) is 0 Å². The van der Waals surface area contributed by atoms with Crippen LogP contribution in [0, 0.1) is 5.92 Å². The minimum atomic E-state index is -0.0631. The summed E-state index contributed by atoms with van der Waals surface area (Å²) in [5.74, 6) is 0.377. The Bertz CT molecular complexity index is 1250. The van der Waals surface area contributed by atoms with Gasteiger partial charge in [-0.2, -0.15) is 0 Å². The Morgan fingerprint density at radius 1 is 0.711 bits per heavy atom. The molecule has 4 heteroatoms. The molecule has 1 fully saturated rings. The molecular weight excluding hydrogens is 486 g/mol. The Kier molecular flexibility index (Phi) is 9.29. The second kappa shape index (κ2) is 13.2. The predicted octanol–water partition coefficient (Wildman–Crippen LogP) is 8.05. The zero-order chi connectivity index (χ0) is 26.2. The molecule has 0 aliphatic carbocycles. The van der Waals surface area contributed by atoms with Crippen LogP contribution in [0.25, 0.3) is 0 Å². The summed E-state index contributed by atoms with van der Waals surface area (Å²) < 4.78 is 13.5. The fraction of sp³-hybridized carbons (Fsp3) is 0.324. The van der Waals surface area contributed by atoms with Crippen molar-refractivity contribution < 1.29 is 9.47 Å². The third-order valence-electron chi connectivity index (χ3n) is 7.41.